The van der Waals surface area contributed by atoms with Gasteiger partial charge in [-0.1, -0.05) is 12.1 Å². The standard InChI is InChI=1S/C13H22N2/c1-13(2,3)15-9-5-7-11-6-4-8-12(14)10-11/h4,6,8,10,15H,5,7,9,14H2,1-3H3. The van der Waals surface area contributed by atoms with Crippen LogP contribution in [0.15, 0.2) is 24.3 Å². The molecule has 1 rings (SSSR count). The maximum Gasteiger partial charge on any atom is 0.0316 e. The molecule has 2 nitrogen and oxygen atoms in total. The monoisotopic (exact) mass is 206 g/mol. The third-order valence-corrected chi connectivity index (χ3v) is 2.25. The molecule has 2 heteroatoms. The molecule has 1 aromatic rings. The summed E-state index contributed by atoms with van der Waals surface area (Å²) in [6, 6.07) is 8.13. The number of hydrogen-bond acceptors (Lipinski definition) is 2. The van der Waals surface area contributed by atoms with Crippen molar-refractivity contribution in [3.8, 4) is 0 Å². The summed E-state index contributed by atoms with van der Waals surface area (Å²) in [6.45, 7) is 7.62. The van der Waals surface area contributed by atoms with Crippen molar-refractivity contribution in [1.82, 2.24) is 5.32 Å². The van der Waals surface area contributed by atoms with E-state index in [1.807, 2.05) is 12.1 Å². The zero-order valence-corrected chi connectivity index (χ0v) is 10.0. The molecule has 0 bridgehead atoms. The van der Waals surface area contributed by atoms with Crippen LogP contribution >= 0.6 is 0 Å². The van der Waals surface area contributed by atoms with Gasteiger partial charge >= 0.3 is 0 Å². The molecular formula is C13H22N2. The van der Waals surface area contributed by atoms with Crippen LogP contribution < -0.4 is 11.1 Å². The van der Waals surface area contributed by atoms with Gasteiger partial charge < -0.3 is 11.1 Å². The first kappa shape index (κ1) is 12.1. The zero-order valence-electron chi connectivity index (χ0n) is 10.0. The topological polar surface area (TPSA) is 38.0 Å². The number of nitrogens with two attached hydrogens (primary N) is 1. The van der Waals surface area contributed by atoms with Gasteiger partial charge in [-0.2, -0.15) is 0 Å². The highest BCUT2D eigenvalue weighted by atomic mass is 14.9. The van der Waals surface area contributed by atoms with Crippen LogP contribution in [0.1, 0.15) is 32.8 Å². The Hall–Kier alpha value is -1.02. The van der Waals surface area contributed by atoms with Crippen molar-refractivity contribution in [3.05, 3.63) is 29.8 Å². The van der Waals surface area contributed by atoms with Crippen LogP contribution in [-0.2, 0) is 6.42 Å². The lowest BCUT2D eigenvalue weighted by Crippen LogP contribution is -2.36. The summed E-state index contributed by atoms with van der Waals surface area (Å²) in [5, 5.41) is 3.48. The van der Waals surface area contributed by atoms with Gasteiger partial charge in [0.05, 0.1) is 0 Å². The van der Waals surface area contributed by atoms with Crippen molar-refractivity contribution in [2.45, 2.75) is 39.2 Å². The number of nitrogens with one attached hydrogen (secondary N) is 1. The molecule has 0 atom stereocenters. The molecule has 0 saturated carbocycles. The fourth-order valence-corrected chi connectivity index (χ4v) is 1.50. The van der Waals surface area contributed by atoms with Crippen LogP contribution in [0.25, 0.3) is 0 Å². The van der Waals surface area contributed by atoms with E-state index in [1.165, 1.54) is 5.56 Å². The van der Waals surface area contributed by atoms with Crippen LogP contribution in [0.3, 0.4) is 0 Å². The predicted octanol–water partition coefficient (Wildman–Crippen LogP) is 2.59. The second-order valence-electron chi connectivity index (χ2n) is 5.03. The molecule has 0 aliphatic heterocycles. The van der Waals surface area contributed by atoms with Gasteiger partial charge in [-0.3, -0.25) is 0 Å². The average Bonchev–Trinajstić information content (AvgIpc) is 2.11. The summed E-state index contributed by atoms with van der Waals surface area (Å²) in [6.07, 6.45) is 2.24. The highest BCUT2D eigenvalue weighted by molar-refractivity contribution is 5.40. The van der Waals surface area contributed by atoms with Gasteiger partial charge in [-0.05, 0) is 57.9 Å². The lowest BCUT2D eigenvalue weighted by atomic mass is 10.1. The number of hydrogen-bond donors (Lipinski definition) is 2. The Kier molecular flexibility index (Phi) is 4.15. The molecule has 0 fully saturated rings. The predicted molar refractivity (Wildman–Crippen MR) is 66.9 cm³/mol. The number of aryl methyl sites for hydroxylation is 1. The second kappa shape index (κ2) is 5.17. The fraction of sp³-hybridized carbons (Fsp3) is 0.538. The van der Waals surface area contributed by atoms with Gasteiger partial charge in [0.25, 0.3) is 0 Å². The summed E-state index contributed by atoms with van der Waals surface area (Å²) in [5.74, 6) is 0. The van der Waals surface area contributed by atoms with Crippen molar-refractivity contribution in [2.24, 2.45) is 0 Å². The Morgan fingerprint density at radius 3 is 2.60 bits per heavy atom. The Bertz CT molecular complexity index is 300. The summed E-state index contributed by atoms with van der Waals surface area (Å²) in [5.41, 5.74) is 8.12. The van der Waals surface area contributed by atoms with E-state index in [1.54, 1.807) is 0 Å². The highest BCUT2D eigenvalue weighted by Gasteiger charge is 2.06. The van der Waals surface area contributed by atoms with E-state index >= 15 is 0 Å². The van der Waals surface area contributed by atoms with Crippen LogP contribution in [0.5, 0.6) is 0 Å². The normalized spacial score (nSPS) is 11.7. The number of rotatable bonds is 4. The van der Waals surface area contributed by atoms with Gasteiger partial charge in [0.1, 0.15) is 0 Å². The summed E-state index contributed by atoms with van der Waals surface area (Å²) >= 11 is 0. The first-order chi connectivity index (χ1) is 6.97. The van der Waals surface area contributed by atoms with Crippen LogP contribution in [0.4, 0.5) is 5.69 Å². The lowest BCUT2D eigenvalue weighted by molar-refractivity contribution is 0.422. The highest BCUT2D eigenvalue weighted by Crippen LogP contribution is 2.08. The molecule has 3 N–H and O–H groups in total. The van der Waals surface area contributed by atoms with E-state index in [2.05, 4.69) is 38.2 Å². The first-order valence-electron chi connectivity index (χ1n) is 5.57. The van der Waals surface area contributed by atoms with Gasteiger partial charge in [-0.15, -0.1) is 0 Å². The fourth-order valence-electron chi connectivity index (χ4n) is 1.50. The molecular weight excluding hydrogens is 184 g/mol. The van der Waals surface area contributed by atoms with Crippen molar-refractivity contribution < 1.29 is 0 Å². The van der Waals surface area contributed by atoms with E-state index in [-0.39, 0.29) is 5.54 Å². The summed E-state index contributed by atoms with van der Waals surface area (Å²) < 4.78 is 0. The molecule has 0 aliphatic carbocycles. The van der Waals surface area contributed by atoms with Gasteiger partial charge in [0.15, 0.2) is 0 Å². The van der Waals surface area contributed by atoms with Crippen molar-refractivity contribution >= 4 is 5.69 Å². The molecule has 0 saturated heterocycles. The van der Waals surface area contributed by atoms with E-state index < -0.39 is 0 Å². The van der Waals surface area contributed by atoms with Crippen LogP contribution in [0, 0.1) is 0 Å². The van der Waals surface area contributed by atoms with Gasteiger partial charge in [-0.25, -0.2) is 0 Å². The Labute approximate surface area is 92.9 Å². The minimum atomic E-state index is 0.218. The van der Waals surface area contributed by atoms with E-state index in [9.17, 15) is 0 Å². The second-order valence-corrected chi connectivity index (χ2v) is 5.03. The zero-order chi connectivity index (χ0) is 11.3. The van der Waals surface area contributed by atoms with E-state index in [0.717, 1.165) is 25.1 Å². The van der Waals surface area contributed by atoms with E-state index in [0.29, 0.717) is 0 Å². The summed E-state index contributed by atoms with van der Waals surface area (Å²) in [7, 11) is 0. The molecule has 15 heavy (non-hydrogen) atoms. The number of anilines is 1. The van der Waals surface area contributed by atoms with Gasteiger partial charge in [0.2, 0.25) is 0 Å². The van der Waals surface area contributed by atoms with Crippen molar-refractivity contribution in [3.63, 3.8) is 0 Å². The lowest BCUT2D eigenvalue weighted by Gasteiger charge is -2.20. The maximum absolute atomic E-state index is 5.72. The molecule has 1 aromatic carbocycles. The molecule has 0 radical (unpaired) electrons. The van der Waals surface area contributed by atoms with Crippen molar-refractivity contribution in [1.29, 1.82) is 0 Å². The molecule has 0 aromatic heterocycles. The SMILES string of the molecule is CC(C)(C)NCCCc1cccc(N)c1. The molecule has 0 aliphatic rings. The summed E-state index contributed by atoms with van der Waals surface area (Å²) in [4.78, 5) is 0. The van der Waals surface area contributed by atoms with Crippen LogP contribution in [-0.4, -0.2) is 12.1 Å². The minimum Gasteiger partial charge on any atom is -0.399 e. The quantitative estimate of drug-likeness (QED) is 0.587. The maximum atomic E-state index is 5.72. The first-order valence-corrected chi connectivity index (χ1v) is 5.57. The Morgan fingerprint density at radius 2 is 2.00 bits per heavy atom. The molecule has 84 valence electrons. The number of benzene rings is 1. The largest absolute Gasteiger partial charge is 0.399 e. The smallest absolute Gasteiger partial charge is 0.0316 e. The Morgan fingerprint density at radius 1 is 1.27 bits per heavy atom. The molecule has 0 heterocycles. The third kappa shape index (κ3) is 5.43. The minimum absolute atomic E-state index is 0.218. The molecule has 0 amide bonds. The van der Waals surface area contributed by atoms with Crippen LogP contribution in [0.2, 0.25) is 0 Å². The van der Waals surface area contributed by atoms with Crippen molar-refractivity contribution in [2.75, 3.05) is 12.3 Å². The number of nitrogen functional groups attached to an aromatic ring is 1. The van der Waals surface area contributed by atoms with E-state index in [4.69, 9.17) is 5.73 Å². The average molecular weight is 206 g/mol. The van der Waals surface area contributed by atoms with Gasteiger partial charge in [0, 0.05) is 11.2 Å². The molecule has 0 spiro atoms. The Balaban J connectivity index is 2.26. The molecule has 0 unspecified atom stereocenters. The third-order valence-electron chi connectivity index (χ3n) is 2.25.